The van der Waals surface area contributed by atoms with Gasteiger partial charge in [-0.25, -0.2) is 0 Å². The lowest BCUT2D eigenvalue weighted by atomic mass is 10.4. The van der Waals surface area contributed by atoms with Gasteiger partial charge >= 0.3 is 0 Å². The molecule has 0 unspecified atom stereocenters. The molecule has 0 fully saturated rings. The molecule has 0 aliphatic carbocycles. The molecule has 1 aromatic heterocycles. The quantitative estimate of drug-likeness (QED) is 0.636. The van der Waals surface area contributed by atoms with Gasteiger partial charge < -0.3 is 9.30 Å². The summed E-state index contributed by atoms with van der Waals surface area (Å²) in [6, 6.07) is 1.35. The Bertz CT molecular complexity index is 319. The smallest absolute Gasteiger partial charge is 0.254 e. The maximum atomic E-state index is 11.0. The predicted molar refractivity (Wildman–Crippen MR) is 43.2 cm³/mol. The van der Waals surface area contributed by atoms with Crippen molar-refractivity contribution in [2.24, 2.45) is 7.05 Å². The third-order valence-electron chi connectivity index (χ3n) is 1.36. The molecule has 0 atom stereocenters. The summed E-state index contributed by atoms with van der Waals surface area (Å²) >= 11 is 5.72. The fraction of sp³-hybridized carbons (Fsp3) is 0.286. The van der Waals surface area contributed by atoms with Crippen molar-refractivity contribution in [2.45, 2.75) is 0 Å². The van der Waals surface area contributed by atoms with Gasteiger partial charge in [0.2, 0.25) is 0 Å². The Morgan fingerprint density at radius 1 is 1.64 bits per heavy atom. The van der Waals surface area contributed by atoms with Crippen LogP contribution in [0.5, 0.6) is 5.75 Å². The lowest BCUT2D eigenvalue weighted by Gasteiger charge is -2.02. The summed E-state index contributed by atoms with van der Waals surface area (Å²) in [7, 11) is 3.11. The number of halogens is 1. The van der Waals surface area contributed by atoms with Gasteiger partial charge in [-0.1, -0.05) is 11.6 Å². The first-order valence-electron chi connectivity index (χ1n) is 3.05. The van der Waals surface area contributed by atoms with Crippen molar-refractivity contribution in [2.75, 3.05) is 7.11 Å². The number of rotatable bonds is 1. The van der Waals surface area contributed by atoms with Crippen LogP contribution in [-0.4, -0.2) is 11.7 Å². The average molecular weight is 174 g/mol. The highest BCUT2D eigenvalue weighted by Gasteiger charge is 2.01. The summed E-state index contributed by atoms with van der Waals surface area (Å²) in [6.45, 7) is 0. The highest BCUT2D eigenvalue weighted by molar-refractivity contribution is 6.31. The van der Waals surface area contributed by atoms with E-state index in [1.165, 1.54) is 23.9 Å². The first-order valence-corrected chi connectivity index (χ1v) is 3.43. The Balaban J connectivity index is 3.32. The van der Waals surface area contributed by atoms with Crippen LogP contribution in [-0.2, 0) is 7.05 Å². The van der Waals surface area contributed by atoms with E-state index in [4.69, 9.17) is 16.3 Å². The molecule has 0 aromatic carbocycles. The van der Waals surface area contributed by atoms with E-state index in [-0.39, 0.29) is 5.56 Å². The molecular weight excluding hydrogens is 166 g/mol. The Morgan fingerprint density at radius 2 is 2.27 bits per heavy atom. The van der Waals surface area contributed by atoms with E-state index >= 15 is 0 Å². The minimum Gasteiger partial charge on any atom is -0.495 e. The summed E-state index contributed by atoms with van der Waals surface area (Å²) in [5.74, 6) is 0.412. The Kier molecular flexibility index (Phi) is 2.19. The molecule has 0 N–H and O–H groups in total. The Morgan fingerprint density at radius 3 is 2.82 bits per heavy atom. The average Bonchev–Trinajstić information content (AvgIpc) is 1.97. The van der Waals surface area contributed by atoms with Gasteiger partial charge in [0.25, 0.3) is 5.56 Å². The molecule has 11 heavy (non-hydrogen) atoms. The zero-order valence-corrected chi connectivity index (χ0v) is 7.05. The van der Waals surface area contributed by atoms with Crippen LogP contribution in [0.25, 0.3) is 0 Å². The van der Waals surface area contributed by atoms with Gasteiger partial charge in [-0.05, 0) is 0 Å². The van der Waals surface area contributed by atoms with Crippen molar-refractivity contribution >= 4 is 11.6 Å². The molecule has 0 aliphatic heterocycles. The summed E-state index contributed by atoms with van der Waals surface area (Å²) in [5.41, 5.74) is -0.133. The summed E-state index contributed by atoms with van der Waals surface area (Å²) in [4.78, 5) is 11.0. The minimum atomic E-state index is -0.133. The van der Waals surface area contributed by atoms with Crippen molar-refractivity contribution in [1.29, 1.82) is 0 Å². The van der Waals surface area contributed by atoms with Crippen LogP contribution in [0.1, 0.15) is 0 Å². The first kappa shape index (κ1) is 8.14. The second-order valence-corrected chi connectivity index (χ2v) is 2.55. The summed E-state index contributed by atoms with van der Waals surface area (Å²) in [6.07, 6.45) is 1.52. The van der Waals surface area contributed by atoms with Crippen LogP contribution in [0.4, 0.5) is 0 Å². The maximum Gasteiger partial charge on any atom is 0.254 e. The third kappa shape index (κ3) is 1.54. The molecule has 0 spiro atoms. The number of methoxy groups -OCH3 is 1. The largest absolute Gasteiger partial charge is 0.495 e. The van der Waals surface area contributed by atoms with E-state index in [2.05, 4.69) is 0 Å². The second kappa shape index (κ2) is 2.96. The zero-order chi connectivity index (χ0) is 8.43. The van der Waals surface area contributed by atoms with Gasteiger partial charge in [0.1, 0.15) is 5.75 Å². The van der Waals surface area contributed by atoms with Crippen molar-refractivity contribution in [3.05, 3.63) is 27.6 Å². The molecule has 0 bridgehead atoms. The number of aromatic nitrogens is 1. The van der Waals surface area contributed by atoms with Gasteiger partial charge in [-0.3, -0.25) is 4.79 Å². The summed E-state index contributed by atoms with van der Waals surface area (Å²) in [5, 5.41) is 0.439. The van der Waals surface area contributed by atoms with Gasteiger partial charge in [0.05, 0.1) is 12.1 Å². The zero-order valence-electron chi connectivity index (χ0n) is 6.30. The van der Waals surface area contributed by atoms with Gasteiger partial charge in [-0.15, -0.1) is 0 Å². The van der Waals surface area contributed by atoms with E-state index < -0.39 is 0 Å². The lowest BCUT2D eigenvalue weighted by Crippen LogP contribution is -2.14. The first-order chi connectivity index (χ1) is 5.15. The molecule has 1 aromatic rings. The van der Waals surface area contributed by atoms with Gasteiger partial charge in [-0.2, -0.15) is 0 Å². The van der Waals surface area contributed by atoms with Crippen LogP contribution in [0, 0.1) is 0 Å². The number of aryl methyl sites for hydroxylation is 1. The molecule has 0 amide bonds. The second-order valence-electron chi connectivity index (χ2n) is 2.14. The number of nitrogens with zero attached hydrogens (tertiary/aromatic N) is 1. The number of hydrogen-bond acceptors (Lipinski definition) is 2. The van der Waals surface area contributed by atoms with E-state index in [9.17, 15) is 4.79 Å². The van der Waals surface area contributed by atoms with E-state index in [0.29, 0.717) is 10.8 Å². The van der Waals surface area contributed by atoms with E-state index in [1.807, 2.05) is 0 Å². The van der Waals surface area contributed by atoms with Crippen LogP contribution in [0.2, 0.25) is 5.02 Å². The number of ether oxygens (including phenoxy) is 1. The van der Waals surface area contributed by atoms with E-state index in [0.717, 1.165) is 0 Å². The fourth-order valence-corrected chi connectivity index (χ4v) is 1.01. The van der Waals surface area contributed by atoms with E-state index in [1.54, 1.807) is 7.05 Å². The standard InChI is InChI=1S/C7H8ClNO2/c1-9-4-5(8)6(11-2)3-7(9)10/h3-4H,1-2H3. The topological polar surface area (TPSA) is 31.2 Å². The Hall–Kier alpha value is -0.960. The number of hydrogen-bond donors (Lipinski definition) is 0. The molecular formula is C7H8ClNO2. The van der Waals surface area contributed by atoms with Crippen molar-refractivity contribution in [1.82, 2.24) is 4.57 Å². The lowest BCUT2D eigenvalue weighted by molar-refractivity contribution is 0.413. The highest BCUT2D eigenvalue weighted by atomic mass is 35.5. The SMILES string of the molecule is COc1cc(=O)n(C)cc1Cl. The maximum absolute atomic E-state index is 11.0. The molecule has 0 aliphatic rings. The van der Waals surface area contributed by atoms with Crippen LogP contribution in [0.3, 0.4) is 0 Å². The van der Waals surface area contributed by atoms with Crippen LogP contribution >= 0.6 is 11.6 Å². The molecule has 0 radical (unpaired) electrons. The Labute approximate surface area is 69.2 Å². The fourth-order valence-electron chi connectivity index (χ4n) is 0.737. The van der Waals surface area contributed by atoms with Crippen LogP contribution < -0.4 is 10.3 Å². The number of pyridine rings is 1. The minimum absolute atomic E-state index is 0.133. The molecule has 1 heterocycles. The third-order valence-corrected chi connectivity index (χ3v) is 1.65. The van der Waals surface area contributed by atoms with Gasteiger partial charge in [0.15, 0.2) is 0 Å². The van der Waals surface area contributed by atoms with Crippen molar-refractivity contribution < 1.29 is 4.74 Å². The molecule has 1 rings (SSSR count). The van der Waals surface area contributed by atoms with Gasteiger partial charge in [0, 0.05) is 19.3 Å². The molecule has 60 valence electrons. The molecule has 0 saturated carbocycles. The monoisotopic (exact) mass is 173 g/mol. The molecule has 4 heteroatoms. The molecule has 0 saturated heterocycles. The van der Waals surface area contributed by atoms with Crippen molar-refractivity contribution in [3.8, 4) is 5.75 Å². The predicted octanol–water partition coefficient (Wildman–Crippen LogP) is 1.05. The van der Waals surface area contributed by atoms with Crippen molar-refractivity contribution in [3.63, 3.8) is 0 Å². The normalized spacial score (nSPS) is 9.73. The molecule has 3 nitrogen and oxygen atoms in total. The highest BCUT2D eigenvalue weighted by Crippen LogP contribution is 2.19. The summed E-state index contributed by atoms with van der Waals surface area (Å²) < 4.78 is 6.23. The van der Waals surface area contributed by atoms with Crippen LogP contribution in [0.15, 0.2) is 17.1 Å².